The molecule has 1 unspecified atom stereocenters. The van der Waals surface area contributed by atoms with Crippen LogP contribution in [0.5, 0.6) is 0 Å². The van der Waals surface area contributed by atoms with Crippen LogP contribution in [0.25, 0.3) is 0 Å². The predicted molar refractivity (Wildman–Crippen MR) is 64.4 cm³/mol. The molecule has 1 rings (SSSR count). The van der Waals surface area contributed by atoms with Crippen LogP contribution in [0.2, 0.25) is 0 Å². The fraction of sp³-hybridized carbons (Fsp3) is 0.417. The zero-order valence-electron chi connectivity index (χ0n) is 9.91. The van der Waals surface area contributed by atoms with Gasteiger partial charge < -0.3 is 15.8 Å². The van der Waals surface area contributed by atoms with E-state index in [9.17, 15) is 4.79 Å². The van der Waals surface area contributed by atoms with Crippen LogP contribution in [-0.2, 0) is 4.74 Å². The van der Waals surface area contributed by atoms with Crippen molar-refractivity contribution in [3.05, 3.63) is 29.3 Å². The molecular weight excluding hydrogens is 204 g/mol. The molecule has 1 aromatic rings. The fourth-order valence-corrected chi connectivity index (χ4v) is 1.47. The molecule has 1 amide bonds. The van der Waals surface area contributed by atoms with Gasteiger partial charge in [0, 0.05) is 18.8 Å². The van der Waals surface area contributed by atoms with E-state index >= 15 is 0 Å². The Morgan fingerprint density at radius 1 is 1.56 bits per heavy atom. The summed E-state index contributed by atoms with van der Waals surface area (Å²) in [5, 5.41) is 2.82. The van der Waals surface area contributed by atoms with Crippen LogP contribution >= 0.6 is 0 Å². The second kappa shape index (κ2) is 5.51. The van der Waals surface area contributed by atoms with Gasteiger partial charge in [-0.05, 0) is 25.5 Å². The number of carbonyl (C=O) groups excluding carboxylic acids is 1. The highest BCUT2D eigenvalue weighted by Crippen LogP contribution is 2.16. The minimum atomic E-state index is -0.161. The van der Waals surface area contributed by atoms with Crippen molar-refractivity contribution in [1.29, 1.82) is 0 Å². The lowest BCUT2D eigenvalue weighted by molar-refractivity contribution is 0.0906. The number of ether oxygens (including phenoxy) is 1. The maximum Gasteiger partial charge on any atom is 0.253 e. The molecule has 0 aliphatic heterocycles. The average molecular weight is 222 g/mol. The summed E-state index contributed by atoms with van der Waals surface area (Å²) in [6.07, 6.45) is 0. The summed E-state index contributed by atoms with van der Waals surface area (Å²) in [6.45, 7) is 4.25. The molecule has 88 valence electrons. The second-order valence-corrected chi connectivity index (χ2v) is 3.87. The molecule has 0 fully saturated rings. The summed E-state index contributed by atoms with van der Waals surface area (Å²) in [7, 11) is 1.60. The lowest BCUT2D eigenvalue weighted by Crippen LogP contribution is -2.36. The molecule has 0 spiro atoms. The first-order valence-corrected chi connectivity index (χ1v) is 5.21. The topological polar surface area (TPSA) is 64.3 Å². The highest BCUT2D eigenvalue weighted by Gasteiger charge is 2.12. The van der Waals surface area contributed by atoms with Gasteiger partial charge in [-0.25, -0.2) is 0 Å². The molecule has 16 heavy (non-hydrogen) atoms. The lowest BCUT2D eigenvalue weighted by atomic mass is 10.1. The van der Waals surface area contributed by atoms with Crippen LogP contribution in [0.4, 0.5) is 5.69 Å². The summed E-state index contributed by atoms with van der Waals surface area (Å²) < 4.78 is 4.95. The molecule has 0 saturated carbocycles. The van der Waals surface area contributed by atoms with E-state index in [-0.39, 0.29) is 11.9 Å². The highest BCUT2D eigenvalue weighted by atomic mass is 16.5. The number of methoxy groups -OCH3 is 1. The van der Waals surface area contributed by atoms with Crippen molar-refractivity contribution in [3.8, 4) is 0 Å². The fourth-order valence-electron chi connectivity index (χ4n) is 1.47. The largest absolute Gasteiger partial charge is 0.398 e. The number of nitrogens with one attached hydrogen (secondary N) is 1. The number of benzene rings is 1. The zero-order valence-corrected chi connectivity index (χ0v) is 9.91. The van der Waals surface area contributed by atoms with Gasteiger partial charge in [-0.15, -0.1) is 0 Å². The first-order chi connectivity index (χ1) is 7.56. The van der Waals surface area contributed by atoms with Crippen LogP contribution in [0.1, 0.15) is 22.8 Å². The Labute approximate surface area is 95.8 Å². The Morgan fingerprint density at radius 3 is 2.88 bits per heavy atom. The summed E-state index contributed by atoms with van der Waals surface area (Å²) >= 11 is 0. The first-order valence-electron chi connectivity index (χ1n) is 5.21. The first kappa shape index (κ1) is 12.5. The number of hydrogen-bond acceptors (Lipinski definition) is 3. The number of anilines is 1. The molecule has 0 bridgehead atoms. The van der Waals surface area contributed by atoms with E-state index in [1.54, 1.807) is 13.2 Å². The van der Waals surface area contributed by atoms with Gasteiger partial charge in [0.2, 0.25) is 0 Å². The van der Waals surface area contributed by atoms with Crippen molar-refractivity contribution >= 4 is 11.6 Å². The van der Waals surface area contributed by atoms with E-state index in [0.717, 1.165) is 5.56 Å². The average Bonchev–Trinajstić information content (AvgIpc) is 2.22. The van der Waals surface area contributed by atoms with Gasteiger partial charge in [0.1, 0.15) is 0 Å². The van der Waals surface area contributed by atoms with Crippen molar-refractivity contribution in [3.63, 3.8) is 0 Å². The minimum Gasteiger partial charge on any atom is -0.398 e. The van der Waals surface area contributed by atoms with Gasteiger partial charge in [-0.1, -0.05) is 12.1 Å². The number of rotatable bonds is 4. The van der Waals surface area contributed by atoms with E-state index in [4.69, 9.17) is 10.5 Å². The molecular formula is C12H18N2O2. The van der Waals surface area contributed by atoms with Gasteiger partial charge in [0.25, 0.3) is 5.91 Å². The van der Waals surface area contributed by atoms with Gasteiger partial charge in [-0.3, -0.25) is 4.79 Å². The molecule has 4 nitrogen and oxygen atoms in total. The number of nitrogens with two attached hydrogens (primary N) is 1. The second-order valence-electron chi connectivity index (χ2n) is 3.87. The number of amides is 1. The van der Waals surface area contributed by atoms with E-state index in [1.807, 2.05) is 26.0 Å². The lowest BCUT2D eigenvalue weighted by Gasteiger charge is -2.14. The Morgan fingerprint density at radius 2 is 2.25 bits per heavy atom. The molecule has 0 aromatic heterocycles. The van der Waals surface area contributed by atoms with Crippen LogP contribution in [0, 0.1) is 6.92 Å². The third-order valence-electron chi connectivity index (χ3n) is 2.36. The minimum absolute atomic E-state index is 0.0302. The molecule has 0 radical (unpaired) electrons. The Bertz CT molecular complexity index is 377. The van der Waals surface area contributed by atoms with Crippen molar-refractivity contribution in [2.45, 2.75) is 19.9 Å². The van der Waals surface area contributed by atoms with Crippen molar-refractivity contribution in [2.24, 2.45) is 0 Å². The van der Waals surface area contributed by atoms with E-state index in [0.29, 0.717) is 17.9 Å². The van der Waals surface area contributed by atoms with Gasteiger partial charge >= 0.3 is 0 Å². The SMILES string of the molecule is COCC(C)NC(=O)c1cccc(C)c1N. The standard InChI is InChI=1S/C12H18N2O2/c1-8-5-4-6-10(11(8)13)12(15)14-9(2)7-16-3/h4-6,9H,7,13H2,1-3H3,(H,14,15). The summed E-state index contributed by atoms with van der Waals surface area (Å²) in [5.41, 5.74) is 7.80. The van der Waals surface area contributed by atoms with Crippen LogP contribution in [-0.4, -0.2) is 25.7 Å². The normalized spacial score (nSPS) is 12.2. The van der Waals surface area contributed by atoms with Crippen LogP contribution < -0.4 is 11.1 Å². The van der Waals surface area contributed by atoms with Crippen LogP contribution in [0.15, 0.2) is 18.2 Å². The molecule has 1 atom stereocenters. The summed E-state index contributed by atoms with van der Waals surface area (Å²) in [6, 6.07) is 5.39. The number of aryl methyl sites for hydroxylation is 1. The Kier molecular flexibility index (Phi) is 4.31. The monoisotopic (exact) mass is 222 g/mol. The molecule has 3 N–H and O–H groups in total. The van der Waals surface area contributed by atoms with E-state index in [2.05, 4.69) is 5.32 Å². The quantitative estimate of drug-likeness (QED) is 0.756. The molecule has 0 saturated heterocycles. The zero-order chi connectivity index (χ0) is 12.1. The molecule has 0 aliphatic carbocycles. The number of para-hydroxylation sites is 1. The molecule has 0 aliphatic rings. The summed E-state index contributed by atoms with van der Waals surface area (Å²) in [4.78, 5) is 11.9. The van der Waals surface area contributed by atoms with E-state index < -0.39 is 0 Å². The van der Waals surface area contributed by atoms with E-state index in [1.165, 1.54) is 0 Å². The highest BCUT2D eigenvalue weighted by molar-refractivity contribution is 5.99. The maximum atomic E-state index is 11.9. The molecule has 0 heterocycles. The number of nitrogen functional groups attached to an aromatic ring is 1. The van der Waals surface area contributed by atoms with Gasteiger partial charge in [0.15, 0.2) is 0 Å². The van der Waals surface area contributed by atoms with Crippen molar-refractivity contribution in [1.82, 2.24) is 5.32 Å². The summed E-state index contributed by atoms with van der Waals surface area (Å²) in [5.74, 6) is -0.161. The molecule has 4 heteroatoms. The predicted octanol–water partition coefficient (Wildman–Crippen LogP) is 1.34. The van der Waals surface area contributed by atoms with Crippen molar-refractivity contribution < 1.29 is 9.53 Å². The van der Waals surface area contributed by atoms with Gasteiger partial charge in [0.05, 0.1) is 12.2 Å². The number of hydrogen-bond donors (Lipinski definition) is 2. The Balaban J connectivity index is 2.77. The number of carbonyl (C=O) groups is 1. The van der Waals surface area contributed by atoms with Gasteiger partial charge in [-0.2, -0.15) is 0 Å². The third kappa shape index (κ3) is 2.97. The van der Waals surface area contributed by atoms with Crippen LogP contribution in [0.3, 0.4) is 0 Å². The smallest absolute Gasteiger partial charge is 0.253 e. The molecule has 1 aromatic carbocycles. The van der Waals surface area contributed by atoms with Crippen molar-refractivity contribution in [2.75, 3.05) is 19.5 Å². The third-order valence-corrected chi connectivity index (χ3v) is 2.36. The maximum absolute atomic E-state index is 11.9. The Hall–Kier alpha value is -1.55.